The molecule has 0 unspecified atom stereocenters. The molecule has 3 rings (SSSR count). The summed E-state index contributed by atoms with van der Waals surface area (Å²) in [5.74, 6) is -0.853. The number of methoxy groups -OCH3 is 1. The number of hydrogen-bond acceptors (Lipinski definition) is 5. The lowest BCUT2D eigenvalue weighted by Crippen LogP contribution is -2.26. The van der Waals surface area contributed by atoms with Crippen LogP contribution >= 0.6 is 11.6 Å². The molecular weight excluding hydrogens is 488 g/mol. The third-order valence-electron chi connectivity index (χ3n) is 4.90. The van der Waals surface area contributed by atoms with Crippen LogP contribution in [0.15, 0.2) is 59.5 Å². The van der Waals surface area contributed by atoms with Gasteiger partial charge in [0.2, 0.25) is 10.0 Å². The van der Waals surface area contributed by atoms with Crippen molar-refractivity contribution in [3.8, 4) is 22.6 Å². The molecular formula is C24H22ClF2NO5S. The summed E-state index contributed by atoms with van der Waals surface area (Å²) in [4.78, 5) is 11.3. The van der Waals surface area contributed by atoms with E-state index in [9.17, 15) is 22.0 Å². The van der Waals surface area contributed by atoms with Crippen LogP contribution in [0.1, 0.15) is 12.5 Å². The van der Waals surface area contributed by atoms with Crippen molar-refractivity contribution in [1.82, 2.24) is 4.31 Å². The van der Waals surface area contributed by atoms with E-state index in [0.29, 0.717) is 22.4 Å². The Morgan fingerprint density at radius 2 is 1.79 bits per heavy atom. The maximum absolute atomic E-state index is 14.2. The summed E-state index contributed by atoms with van der Waals surface area (Å²) < 4.78 is 65.3. The predicted octanol–water partition coefficient (Wildman–Crippen LogP) is 5.08. The molecule has 0 amide bonds. The molecule has 0 heterocycles. The molecule has 180 valence electrons. The molecule has 0 atom stereocenters. The fraction of sp³-hybridized carbons (Fsp3) is 0.208. The highest BCUT2D eigenvalue weighted by molar-refractivity contribution is 7.89. The largest absolute Gasteiger partial charge is 0.497 e. The summed E-state index contributed by atoms with van der Waals surface area (Å²) in [7, 11) is -1.20. The van der Waals surface area contributed by atoms with Gasteiger partial charge in [0.25, 0.3) is 0 Å². The Labute approximate surface area is 201 Å². The zero-order valence-corrected chi connectivity index (χ0v) is 20.2. The first-order valence-electron chi connectivity index (χ1n) is 10.0. The second-order valence-corrected chi connectivity index (χ2v) is 9.99. The van der Waals surface area contributed by atoms with Gasteiger partial charge in [-0.1, -0.05) is 17.7 Å². The van der Waals surface area contributed by atoms with Gasteiger partial charge in [-0.2, -0.15) is 4.31 Å². The van der Waals surface area contributed by atoms with Gasteiger partial charge in [-0.15, -0.1) is 0 Å². The van der Waals surface area contributed by atoms with E-state index < -0.39 is 21.7 Å². The van der Waals surface area contributed by atoms with Crippen molar-refractivity contribution in [2.45, 2.75) is 18.4 Å². The summed E-state index contributed by atoms with van der Waals surface area (Å²) in [5.41, 5.74) is 1.44. The molecule has 0 aliphatic rings. The molecule has 10 heteroatoms. The zero-order valence-electron chi connectivity index (χ0n) is 18.6. The number of sulfonamides is 1. The van der Waals surface area contributed by atoms with Crippen LogP contribution in [0.25, 0.3) is 11.1 Å². The van der Waals surface area contributed by atoms with Crippen LogP contribution in [0, 0.1) is 11.6 Å². The number of benzene rings is 3. The smallest absolute Gasteiger partial charge is 0.243 e. The lowest BCUT2D eigenvalue weighted by atomic mass is 10.0. The Balaban J connectivity index is 1.99. The first-order chi connectivity index (χ1) is 16.0. The van der Waals surface area contributed by atoms with E-state index in [2.05, 4.69) is 0 Å². The number of nitrogens with zero attached hydrogens (tertiary/aromatic N) is 1. The van der Waals surface area contributed by atoms with E-state index in [-0.39, 0.29) is 34.6 Å². The van der Waals surface area contributed by atoms with Crippen molar-refractivity contribution in [3.63, 3.8) is 0 Å². The molecule has 34 heavy (non-hydrogen) atoms. The van der Waals surface area contributed by atoms with Crippen molar-refractivity contribution in [1.29, 1.82) is 0 Å². The minimum absolute atomic E-state index is 0.0518. The molecule has 3 aromatic rings. The standard InChI is InChI=1S/C24H22ClF2NO5S/c1-15(29)14-33-24-7-4-16(8-21(24)17-9-18(26)11-19(10-17)32-3)13-28(2)34(30,31)20-5-6-23(27)22(25)12-20/h4-12H,13-14H2,1-3H3. The summed E-state index contributed by atoms with van der Waals surface area (Å²) in [5, 5.41) is -0.302. The highest BCUT2D eigenvalue weighted by Crippen LogP contribution is 2.34. The van der Waals surface area contributed by atoms with Gasteiger partial charge in [0.1, 0.15) is 29.7 Å². The first kappa shape index (κ1) is 25.6. The Morgan fingerprint density at radius 1 is 1.06 bits per heavy atom. The fourth-order valence-electron chi connectivity index (χ4n) is 3.20. The molecule has 0 saturated heterocycles. The van der Waals surface area contributed by atoms with Gasteiger partial charge in [-0.25, -0.2) is 17.2 Å². The number of Topliss-reactive ketones (excluding diaryl/α,β-unsaturated/α-hetero) is 1. The number of ether oxygens (including phenoxy) is 2. The highest BCUT2D eigenvalue weighted by atomic mass is 35.5. The fourth-order valence-corrected chi connectivity index (χ4v) is 4.63. The van der Waals surface area contributed by atoms with E-state index >= 15 is 0 Å². The average molecular weight is 510 g/mol. The number of ketones is 1. The average Bonchev–Trinajstić information content (AvgIpc) is 2.79. The molecule has 0 radical (unpaired) electrons. The van der Waals surface area contributed by atoms with Crippen LogP contribution in [-0.4, -0.2) is 39.3 Å². The van der Waals surface area contributed by atoms with Gasteiger partial charge >= 0.3 is 0 Å². The molecule has 6 nitrogen and oxygen atoms in total. The van der Waals surface area contributed by atoms with E-state index in [0.717, 1.165) is 22.5 Å². The van der Waals surface area contributed by atoms with E-state index in [4.69, 9.17) is 21.1 Å². The van der Waals surface area contributed by atoms with E-state index in [1.807, 2.05) is 0 Å². The Hall–Kier alpha value is -3.01. The number of carbonyl (C=O) groups is 1. The van der Waals surface area contributed by atoms with Gasteiger partial charge in [0, 0.05) is 25.2 Å². The van der Waals surface area contributed by atoms with Gasteiger partial charge in [0.05, 0.1) is 17.0 Å². The SMILES string of the molecule is COc1cc(F)cc(-c2cc(CN(C)S(=O)(=O)c3ccc(F)c(Cl)c3)ccc2OCC(C)=O)c1. The summed E-state index contributed by atoms with van der Waals surface area (Å²) >= 11 is 5.74. The van der Waals surface area contributed by atoms with Crippen molar-refractivity contribution in [2.75, 3.05) is 20.8 Å². The van der Waals surface area contributed by atoms with Crippen LogP contribution in [0.2, 0.25) is 5.02 Å². The Bertz CT molecular complexity index is 1330. The molecule has 3 aromatic carbocycles. The Kier molecular flexibility index (Phi) is 7.91. The van der Waals surface area contributed by atoms with Crippen molar-refractivity contribution in [2.24, 2.45) is 0 Å². The third-order valence-corrected chi connectivity index (χ3v) is 6.99. The number of carbonyl (C=O) groups excluding carboxylic acids is 1. The number of hydrogen-bond donors (Lipinski definition) is 0. The summed E-state index contributed by atoms with van der Waals surface area (Å²) in [6, 6.07) is 12.1. The number of halogens is 3. The predicted molar refractivity (Wildman–Crippen MR) is 125 cm³/mol. The molecule has 0 N–H and O–H groups in total. The molecule has 0 spiro atoms. The summed E-state index contributed by atoms with van der Waals surface area (Å²) in [6.45, 7) is 1.14. The monoisotopic (exact) mass is 509 g/mol. The minimum Gasteiger partial charge on any atom is -0.497 e. The second-order valence-electron chi connectivity index (χ2n) is 7.54. The van der Waals surface area contributed by atoms with Crippen LogP contribution in [0.4, 0.5) is 8.78 Å². The number of rotatable bonds is 9. The van der Waals surface area contributed by atoms with Crippen LogP contribution in [0.5, 0.6) is 11.5 Å². The minimum atomic E-state index is -3.98. The van der Waals surface area contributed by atoms with Gasteiger partial charge in [-0.3, -0.25) is 4.79 Å². The zero-order chi connectivity index (χ0) is 25.0. The molecule has 0 aliphatic carbocycles. The first-order valence-corrected chi connectivity index (χ1v) is 11.8. The van der Waals surface area contributed by atoms with Gasteiger partial charge in [0.15, 0.2) is 5.78 Å². The normalized spacial score (nSPS) is 11.5. The van der Waals surface area contributed by atoms with Crippen molar-refractivity contribution >= 4 is 27.4 Å². The molecule has 0 bridgehead atoms. The van der Waals surface area contributed by atoms with Crippen LogP contribution in [-0.2, 0) is 21.4 Å². The lowest BCUT2D eigenvalue weighted by molar-refractivity contribution is -0.118. The highest BCUT2D eigenvalue weighted by Gasteiger charge is 2.23. The lowest BCUT2D eigenvalue weighted by Gasteiger charge is -2.19. The quantitative estimate of drug-likeness (QED) is 0.402. The Morgan fingerprint density at radius 3 is 2.44 bits per heavy atom. The summed E-state index contributed by atoms with van der Waals surface area (Å²) in [6.07, 6.45) is 0. The van der Waals surface area contributed by atoms with Gasteiger partial charge in [-0.05, 0) is 60.5 Å². The van der Waals surface area contributed by atoms with Crippen LogP contribution < -0.4 is 9.47 Å². The third kappa shape index (κ3) is 5.91. The van der Waals surface area contributed by atoms with E-state index in [1.165, 1.54) is 33.2 Å². The van der Waals surface area contributed by atoms with Crippen LogP contribution in [0.3, 0.4) is 0 Å². The second kappa shape index (κ2) is 10.5. The molecule has 0 saturated carbocycles. The maximum atomic E-state index is 14.2. The topological polar surface area (TPSA) is 72.9 Å². The maximum Gasteiger partial charge on any atom is 0.243 e. The van der Waals surface area contributed by atoms with Crippen molar-refractivity contribution < 1.29 is 31.5 Å². The van der Waals surface area contributed by atoms with E-state index in [1.54, 1.807) is 24.3 Å². The molecule has 0 fully saturated rings. The van der Waals surface area contributed by atoms with Gasteiger partial charge < -0.3 is 9.47 Å². The molecule has 0 aromatic heterocycles. The van der Waals surface area contributed by atoms with Crippen molar-refractivity contribution in [3.05, 3.63) is 76.8 Å². The molecule has 0 aliphatic heterocycles.